The maximum Gasteiger partial charge on any atom is 0.245 e. The van der Waals surface area contributed by atoms with Gasteiger partial charge in [0.1, 0.15) is 10.4 Å². The summed E-state index contributed by atoms with van der Waals surface area (Å²) in [6, 6.07) is 4.37. The lowest BCUT2D eigenvalue weighted by atomic mass is 9.46. The average Bonchev–Trinajstić information content (AvgIpc) is 2.67. The highest BCUT2D eigenvalue weighted by atomic mass is 35.5. The molecule has 5 rings (SSSR count). The van der Waals surface area contributed by atoms with Crippen LogP contribution in [0.5, 0.6) is 0 Å². The van der Waals surface area contributed by atoms with Crippen molar-refractivity contribution in [3.63, 3.8) is 0 Å². The van der Waals surface area contributed by atoms with Crippen LogP contribution < -0.4 is 11.1 Å². The minimum atomic E-state index is -4.10. The van der Waals surface area contributed by atoms with Gasteiger partial charge in [0.25, 0.3) is 0 Å². The summed E-state index contributed by atoms with van der Waals surface area (Å²) < 4.78 is 27.6. The van der Waals surface area contributed by atoms with Gasteiger partial charge in [0.15, 0.2) is 0 Å². The van der Waals surface area contributed by atoms with Crippen LogP contribution in [-0.4, -0.2) is 42.7 Å². The van der Waals surface area contributed by atoms with E-state index in [2.05, 4.69) is 5.32 Å². The Bertz CT molecular complexity index is 1070. The van der Waals surface area contributed by atoms with Crippen LogP contribution in [0.2, 0.25) is 10.0 Å². The Morgan fingerprint density at radius 2 is 1.75 bits per heavy atom. The second-order valence-corrected chi connectivity index (χ2v) is 13.1. The SMILES string of the molecule is CN(C(C)(C)C(=O)NC12CC3CC(C1)CC(C(N)=O)(C3)C2)S(=O)(=O)c1cccc(Cl)c1Cl. The fraction of sp³-hybridized carbons (Fsp3) is 0.636. The van der Waals surface area contributed by atoms with Gasteiger partial charge in [-0.3, -0.25) is 9.59 Å². The number of nitrogens with one attached hydrogen (secondary N) is 1. The van der Waals surface area contributed by atoms with E-state index in [1.807, 2.05) is 0 Å². The first kappa shape index (κ1) is 23.8. The molecular weight excluding hydrogens is 473 g/mol. The quantitative estimate of drug-likeness (QED) is 0.622. The largest absolute Gasteiger partial charge is 0.369 e. The van der Waals surface area contributed by atoms with Crippen LogP contribution in [0.25, 0.3) is 0 Å². The van der Waals surface area contributed by atoms with Crippen LogP contribution in [0, 0.1) is 17.3 Å². The molecule has 4 saturated carbocycles. The zero-order valence-electron chi connectivity index (χ0n) is 18.5. The number of nitrogens with zero attached hydrogens (tertiary/aromatic N) is 1. The molecule has 4 fully saturated rings. The van der Waals surface area contributed by atoms with E-state index in [1.54, 1.807) is 13.8 Å². The van der Waals surface area contributed by atoms with Crippen molar-refractivity contribution in [2.45, 2.75) is 68.3 Å². The molecule has 0 aromatic heterocycles. The predicted molar refractivity (Wildman–Crippen MR) is 123 cm³/mol. The Labute approximate surface area is 199 Å². The third-order valence-electron chi connectivity index (χ3n) is 7.86. The number of rotatable bonds is 6. The monoisotopic (exact) mass is 501 g/mol. The maximum absolute atomic E-state index is 13.5. The summed E-state index contributed by atoms with van der Waals surface area (Å²) in [6.07, 6.45) is 4.70. The number of hydrogen-bond acceptors (Lipinski definition) is 4. The first-order valence-electron chi connectivity index (χ1n) is 10.8. The van der Waals surface area contributed by atoms with Crippen molar-refractivity contribution in [3.05, 3.63) is 28.2 Å². The molecule has 2 atom stereocenters. The number of primary amides is 1. The number of sulfonamides is 1. The summed E-state index contributed by atoms with van der Waals surface area (Å²) in [7, 11) is -2.75. The topological polar surface area (TPSA) is 110 Å². The van der Waals surface area contributed by atoms with Gasteiger partial charge < -0.3 is 11.1 Å². The number of amides is 2. The van der Waals surface area contributed by atoms with Gasteiger partial charge in [-0.25, -0.2) is 8.42 Å². The van der Waals surface area contributed by atoms with Crippen LogP contribution in [0.1, 0.15) is 52.4 Å². The zero-order valence-corrected chi connectivity index (χ0v) is 20.8. The van der Waals surface area contributed by atoms with Crippen LogP contribution in [0.4, 0.5) is 0 Å². The number of carbonyl (C=O) groups excluding carboxylic acids is 2. The summed E-state index contributed by atoms with van der Waals surface area (Å²) in [4.78, 5) is 25.7. The lowest BCUT2D eigenvalue weighted by Crippen LogP contribution is -2.68. The standard InChI is InChI=1S/C22H29Cl2N3O4S/c1-20(2,27(3)32(30,31)16-6-4-5-15(23)17(16)24)19(29)26-22-10-13-7-14(11-22)9-21(8-13,12-22)18(25)28/h4-6,13-14H,7-12H2,1-3H3,(H2,25,28)(H,26,29). The van der Waals surface area contributed by atoms with Crippen LogP contribution in [-0.2, 0) is 19.6 Å². The lowest BCUT2D eigenvalue weighted by molar-refractivity contribution is -0.152. The van der Waals surface area contributed by atoms with Crippen molar-refractivity contribution in [1.82, 2.24) is 9.62 Å². The smallest absolute Gasteiger partial charge is 0.245 e. The molecule has 32 heavy (non-hydrogen) atoms. The van der Waals surface area contributed by atoms with Crippen LogP contribution >= 0.6 is 23.2 Å². The third kappa shape index (κ3) is 3.63. The number of halogens is 2. The number of benzene rings is 1. The Kier molecular flexibility index (Phi) is 5.64. The van der Waals surface area contributed by atoms with Crippen LogP contribution in [0.3, 0.4) is 0 Å². The second-order valence-electron chi connectivity index (χ2n) is 10.4. The predicted octanol–water partition coefficient (Wildman–Crippen LogP) is 3.33. The summed E-state index contributed by atoms with van der Waals surface area (Å²) in [5, 5.41) is 3.20. The van der Waals surface area contributed by atoms with Crippen LogP contribution in [0.15, 0.2) is 23.1 Å². The molecule has 0 heterocycles. The summed E-state index contributed by atoms with van der Waals surface area (Å²) in [6.45, 7) is 3.12. The molecule has 2 unspecified atom stereocenters. The molecule has 4 aliphatic rings. The van der Waals surface area contributed by atoms with E-state index < -0.39 is 32.4 Å². The summed E-state index contributed by atoms with van der Waals surface area (Å²) in [5.74, 6) is -0.0131. The first-order valence-corrected chi connectivity index (χ1v) is 13.0. The second kappa shape index (κ2) is 7.58. The molecule has 1 aromatic carbocycles. The Hall–Kier alpha value is -1.35. The van der Waals surface area contributed by atoms with Crippen molar-refractivity contribution in [2.75, 3.05) is 7.05 Å². The number of nitrogens with two attached hydrogens (primary N) is 1. The molecule has 4 bridgehead atoms. The number of hydrogen-bond donors (Lipinski definition) is 2. The fourth-order valence-corrected chi connectivity index (χ4v) is 8.58. The maximum atomic E-state index is 13.5. The highest BCUT2D eigenvalue weighted by molar-refractivity contribution is 7.89. The first-order chi connectivity index (χ1) is 14.7. The van der Waals surface area contributed by atoms with Crippen molar-refractivity contribution in [3.8, 4) is 0 Å². The molecule has 10 heteroatoms. The van der Waals surface area contributed by atoms with E-state index in [1.165, 1.54) is 25.2 Å². The van der Waals surface area contributed by atoms with Gasteiger partial charge in [-0.15, -0.1) is 0 Å². The highest BCUT2D eigenvalue weighted by Crippen LogP contribution is 2.61. The minimum Gasteiger partial charge on any atom is -0.369 e. The minimum absolute atomic E-state index is 0.0818. The molecule has 0 spiro atoms. The Balaban J connectivity index is 1.60. The fourth-order valence-electron chi connectivity index (χ4n) is 6.37. The average molecular weight is 502 g/mol. The van der Waals surface area contributed by atoms with Gasteiger partial charge >= 0.3 is 0 Å². The molecular formula is C22H29Cl2N3O4S. The molecule has 2 amide bonds. The van der Waals surface area contributed by atoms with E-state index in [-0.39, 0.29) is 20.8 Å². The number of likely N-dealkylation sites (N-methyl/N-ethyl adjacent to an activating group) is 1. The Morgan fingerprint density at radius 1 is 1.16 bits per heavy atom. The highest BCUT2D eigenvalue weighted by Gasteiger charge is 2.61. The molecule has 0 saturated heterocycles. The van der Waals surface area contributed by atoms with Gasteiger partial charge in [0, 0.05) is 12.6 Å². The molecule has 4 aliphatic carbocycles. The van der Waals surface area contributed by atoms with E-state index in [0.29, 0.717) is 18.3 Å². The summed E-state index contributed by atoms with van der Waals surface area (Å²) >= 11 is 12.2. The van der Waals surface area contributed by atoms with E-state index >= 15 is 0 Å². The third-order valence-corrected chi connectivity index (χ3v) is 10.9. The normalized spacial score (nSPS) is 31.7. The number of carbonyl (C=O) groups is 2. The lowest BCUT2D eigenvalue weighted by Gasteiger charge is -2.61. The van der Waals surface area contributed by atoms with E-state index in [0.717, 1.165) is 36.4 Å². The molecule has 7 nitrogen and oxygen atoms in total. The Morgan fingerprint density at radius 3 is 2.31 bits per heavy atom. The van der Waals surface area contributed by atoms with Crippen molar-refractivity contribution in [2.24, 2.45) is 23.0 Å². The molecule has 1 aromatic rings. The molecule has 176 valence electrons. The van der Waals surface area contributed by atoms with Gasteiger partial charge in [-0.1, -0.05) is 29.3 Å². The van der Waals surface area contributed by atoms with Gasteiger partial charge in [0.2, 0.25) is 21.8 Å². The van der Waals surface area contributed by atoms with Crippen molar-refractivity contribution >= 4 is 45.0 Å². The zero-order chi connectivity index (χ0) is 23.7. The van der Waals surface area contributed by atoms with Crippen molar-refractivity contribution in [1.29, 1.82) is 0 Å². The molecule has 0 aliphatic heterocycles. The molecule has 0 radical (unpaired) electrons. The van der Waals surface area contributed by atoms with Gasteiger partial charge in [0.05, 0.1) is 15.5 Å². The summed E-state index contributed by atoms with van der Waals surface area (Å²) in [5.41, 5.74) is 3.28. The van der Waals surface area contributed by atoms with Crippen molar-refractivity contribution < 1.29 is 18.0 Å². The van der Waals surface area contributed by atoms with E-state index in [9.17, 15) is 18.0 Å². The van der Waals surface area contributed by atoms with Gasteiger partial charge in [-0.05, 0) is 76.3 Å². The van der Waals surface area contributed by atoms with Gasteiger partial charge in [-0.2, -0.15) is 4.31 Å². The molecule has 3 N–H and O–H groups in total. The van der Waals surface area contributed by atoms with E-state index in [4.69, 9.17) is 28.9 Å².